The number of para-hydroxylation sites is 1. The number of benzene rings is 2. The van der Waals surface area contributed by atoms with Gasteiger partial charge in [0, 0.05) is 23.4 Å². The molecular weight excluding hydrogens is 357 g/mol. The lowest BCUT2D eigenvalue weighted by Gasteiger charge is -2.23. The van der Waals surface area contributed by atoms with Crippen LogP contribution in [0.25, 0.3) is 11.3 Å². The van der Waals surface area contributed by atoms with Gasteiger partial charge in [0.25, 0.3) is 5.91 Å². The standard InChI is InChI=1S/C22H18FN3O2/c1-14(21(27)24-18-8-3-2-4-9-18)26-13-16-10-11-19(25-20(16)22(26)28)15-6-5-7-17(23)12-15/h2-12,14H,13H2,1H3,(H,24,27)/t14-/m1/s1. The van der Waals surface area contributed by atoms with Crippen LogP contribution < -0.4 is 5.32 Å². The van der Waals surface area contributed by atoms with E-state index < -0.39 is 6.04 Å². The molecule has 1 atom stereocenters. The minimum absolute atomic E-state index is 0.266. The first-order chi connectivity index (χ1) is 13.5. The van der Waals surface area contributed by atoms with Crippen LogP contribution in [0.15, 0.2) is 66.7 Å². The van der Waals surface area contributed by atoms with Gasteiger partial charge in [0.15, 0.2) is 0 Å². The van der Waals surface area contributed by atoms with E-state index >= 15 is 0 Å². The van der Waals surface area contributed by atoms with Crippen molar-refractivity contribution in [3.05, 3.63) is 83.8 Å². The fourth-order valence-electron chi connectivity index (χ4n) is 3.22. The number of amides is 2. The molecule has 1 aliphatic heterocycles. The van der Waals surface area contributed by atoms with Crippen LogP contribution in [0.5, 0.6) is 0 Å². The van der Waals surface area contributed by atoms with Crippen molar-refractivity contribution in [1.82, 2.24) is 9.88 Å². The molecule has 4 rings (SSSR count). The van der Waals surface area contributed by atoms with Crippen molar-refractivity contribution in [3.8, 4) is 11.3 Å². The molecule has 0 saturated carbocycles. The largest absolute Gasteiger partial charge is 0.324 e. The zero-order valence-electron chi connectivity index (χ0n) is 15.2. The van der Waals surface area contributed by atoms with Crippen LogP contribution in [-0.4, -0.2) is 27.7 Å². The van der Waals surface area contributed by atoms with Crippen LogP contribution in [0.2, 0.25) is 0 Å². The first-order valence-electron chi connectivity index (χ1n) is 8.95. The molecule has 3 aromatic rings. The van der Waals surface area contributed by atoms with Gasteiger partial charge >= 0.3 is 0 Å². The summed E-state index contributed by atoms with van der Waals surface area (Å²) < 4.78 is 13.5. The van der Waals surface area contributed by atoms with E-state index in [1.54, 1.807) is 37.3 Å². The number of pyridine rings is 1. The fraction of sp³-hybridized carbons (Fsp3) is 0.136. The third-order valence-corrected chi connectivity index (χ3v) is 4.79. The first kappa shape index (κ1) is 17.9. The highest BCUT2D eigenvalue weighted by Crippen LogP contribution is 2.27. The normalized spacial score (nSPS) is 13.9. The lowest BCUT2D eigenvalue weighted by Crippen LogP contribution is -2.42. The molecule has 0 radical (unpaired) electrons. The number of aromatic nitrogens is 1. The van der Waals surface area contributed by atoms with E-state index in [9.17, 15) is 14.0 Å². The summed E-state index contributed by atoms with van der Waals surface area (Å²) >= 11 is 0. The second-order valence-corrected chi connectivity index (χ2v) is 6.68. The quantitative estimate of drug-likeness (QED) is 0.753. The van der Waals surface area contributed by atoms with Gasteiger partial charge in [-0.25, -0.2) is 9.37 Å². The molecule has 1 aliphatic rings. The van der Waals surface area contributed by atoms with Crippen molar-refractivity contribution in [1.29, 1.82) is 0 Å². The molecule has 2 aromatic carbocycles. The molecule has 0 saturated heterocycles. The number of fused-ring (bicyclic) bond motifs is 1. The summed E-state index contributed by atoms with van der Waals surface area (Å²) in [5.74, 6) is -0.930. The molecule has 1 N–H and O–H groups in total. The molecule has 1 aromatic heterocycles. The number of nitrogens with zero attached hydrogens (tertiary/aromatic N) is 2. The smallest absolute Gasteiger partial charge is 0.273 e. The monoisotopic (exact) mass is 375 g/mol. The molecule has 28 heavy (non-hydrogen) atoms. The molecular formula is C22H18FN3O2. The van der Waals surface area contributed by atoms with Crippen LogP contribution >= 0.6 is 0 Å². The Kier molecular flexibility index (Phi) is 4.61. The minimum atomic E-state index is -0.653. The molecule has 2 amide bonds. The number of hydrogen-bond acceptors (Lipinski definition) is 3. The first-order valence-corrected chi connectivity index (χ1v) is 8.95. The molecule has 0 aliphatic carbocycles. The molecule has 140 valence electrons. The maximum Gasteiger partial charge on any atom is 0.273 e. The third-order valence-electron chi connectivity index (χ3n) is 4.79. The number of carbonyl (C=O) groups excluding carboxylic acids is 2. The summed E-state index contributed by atoms with van der Waals surface area (Å²) in [6.45, 7) is 2.00. The van der Waals surface area contributed by atoms with Gasteiger partial charge in [-0.2, -0.15) is 0 Å². The van der Waals surface area contributed by atoms with Crippen molar-refractivity contribution >= 4 is 17.5 Å². The summed E-state index contributed by atoms with van der Waals surface area (Å²) in [5, 5.41) is 2.81. The van der Waals surface area contributed by atoms with E-state index in [4.69, 9.17) is 0 Å². The van der Waals surface area contributed by atoms with Gasteiger partial charge < -0.3 is 10.2 Å². The molecule has 5 nitrogen and oxygen atoms in total. The second kappa shape index (κ2) is 7.23. The Morgan fingerprint density at radius 1 is 1.11 bits per heavy atom. The van der Waals surface area contributed by atoms with E-state index in [-0.39, 0.29) is 17.6 Å². The van der Waals surface area contributed by atoms with E-state index in [1.165, 1.54) is 17.0 Å². The van der Waals surface area contributed by atoms with Crippen molar-refractivity contribution in [2.45, 2.75) is 19.5 Å². The number of halogens is 1. The second-order valence-electron chi connectivity index (χ2n) is 6.68. The topological polar surface area (TPSA) is 62.3 Å². The predicted molar refractivity (Wildman–Crippen MR) is 104 cm³/mol. The average Bonchev–Trinajstić information content (AvgIpc) is 3.04. The van der Waals surface area contributed by atoms with Crippen molar-refractivity contribution in [2.24, 2.45) is 0 Å². The van der Waals surface area contributed by atoms with E-state index in [0.717, 1.165) is 5.56 Å². The van der Waals surface area contributed by atoms with Crippen LogP contribution in [0.3, 0.4) is 0 Å². The number of anilines is 1. The minimum Gasteiger partial charge on any atom is -0.324 e. The predicted octanol–water partition coefficient (Wildman–Crippen LogP) is 3.87. The van der Waals surface area contributed by atoms with E-state index in [0.29, 0.717) is 29.2 Å². The number of carbonyl (C=O) groups is 2. The highest BCUT2D eigenvalue weighted by Gasteiger charge is 2.35. The molecule has 0 spiro atoms. The Morgan fingerprint density at radius 3 is 2.64 bits per heavy atom. The summed E-state index contributed by atoms with van der Waals surface area (Å²) in [6, 6.07) is 18.1. The van der Waals surface area contributed by atoms with E-state index in [1.807, 2.05) is 24.3 Å². The summed E-state index contributed by atoms with van der Waals surface area (Å²) in [6.07, 6.45) is 0. The van der Waals surface area contributed by atoms with Crippen molar-refractivity contribution in [2.75, 3.05) is 5.32 Å². The van der Waals surface area contributed by atoms with Gasteiger partial charge in [-0.1, -0.05) is 36.4 Å². The maximum absolute atomic E-state index is 13.5. The molecule has 6 heteroatoms. The van der Waals surface area contributed by atoms with Gasteiger partial charge in [0.2, 0.25) is 5.91 Å². The molecule has 0 fully saturated rings. The maximum atomic E-state index is 13.5. The Balaban J connectivity index is 1.54. The summed E-state index contributed by atoms with van der Waals surface area (Å²) in [7, 11) is 0. The number of hydrogen-bond donors (Lipinski definition) is 1. The lowest BCUT2D eigenvalue weighted by atomic mass is 10.1. The summed E-state index contributed by atoms with van der Waals surface area (Å²) in [4.78, 5) is 31.3. The number of nitrogens with one attached hydrogen (secondary N) is 1. The fourth-order valence-corrected chi connectivity index (χ4v) is 3.22. The molecule has 0 unspecified atom stereocenters. The Morgan fingerprint density at radius 2 is 1.89 bits per heavy atom. The van der Waals surface area contributed by atoms with Crippen LogP contribution in [-0.2, 0) is 11.3 Å². The molecule has 0 bridgehead atoms. The van der Waals surface area contributed by atoms with Crippen LogP contribution in [0, 0.1) is 5.82 Å². The van der Waals surface area contributed by atoms with Gasteiger partial charge in [-0.15, -0.1) is 0 Å². The SMILES string of the molecule is C[C@H](C(=O)Nc1ccccc1)N1Cc2ccc(-c3cccc(F)c3)nc2C1=O. The van der Waals surface area contributed by atoms with Crippen molar-refractivity contribution in [3.63, 3.8) is 0 Å². The van der Waals surface area contributed by atoms with Gasteiger partial charge in [-0.3, -0.25) is 9.59 Å². The van der Waals surface area contributed by atoms with Crippen molar-refractivity contribution < 1.29 is 14.0 Å². The van der Waals surface area contributed by atoms with E-state index in [2.05, 4.69) is 10.3 Å². The average molecular weight is 375 g/mol. The Hall–Kier alpha value is -3.54. The Labute approximate surface area is 161 Å². The van der Waals surface area contributed by atoms with Crippen LogP contribution in [0.4, 0.5) is 10.1 Å². The van der Waals surface area contributed by atoms with Gasteiger partial charge in [0.1, 0.15) is 17.6 Å². The van der Waals surface area contributed by atoms with Gasteiger partial charge in [-0.05, 0) is 37.3 Å². The number of rotatable bonds is 4. The summed E-state index contributed by atoms with van der Waals surface area (Å²) in [5.41, 5.74) is 2.86. The zero-order valence-corrected chi connectivity index (χ0v) is 15.2. The highest BCUT2D eigenvalue weighted by atomic mass is 19.1. The third kappa shape index (κ3) is 3.36. The Bertz CT molecular complexity index is 1050. The molecule has 2 heterocycles. The zero-order chi connectivity index (χ0) is 19.7. The lowest BCUT2D eigenvalue weighted by molar-refractivity contribution is -0.120. The van der Waals surface area contributed by atoms with Crippen LogP contribution in [0.1, 0.15) is 23.0 Å². The van der Waals surface area contributed by atoms with Gasteiger partial charge in [0.05, 0.1) is 5.69 Å². The highest BCUT2D eigenvalue weighted by molar-refractivity contribution is 6.02.